The summed E-state index contributed by atoms with van der Waals surface area (Å²) in [5.74, 6) is -0.358. The highest BCUT2D eigenvalue weighted by Gasteiger charge is 2.31. The maximum Gasteiger partial charge on any atom is 0.573 e. The topological polar surface area (TPSA) is 76.7 Å². The number of hydrogen-bond acceptors (Lipinski definition) is 3. The highest BCUT2D eigenvalue weighted by atomic mass is 19.4. The standard InChI is InChI=1S/C10H10F3N3O2/c1-6-2-7(5-15-16-9(14)17)4-8(3-6)18-10(11,12)13/h2-5H,1H3,(H3,14,16,17). The largest absolute Gasteiger partial charge is 0.573 e. The maximum absolute atomic E-state index is 12.0. The van der Waals surface area contributed by atoms with E-state index in [0.29, 0.717) is 11.1 Å². The number of primary amides is 1. The molecule has 0 aliphatic heterocycles. The molecule has 0 spiro atoms. The second-order valence-corrected chi connectivity index (χ2v) is 3.36. The molecule has 2 amide bonds. The van der Waals surface area contributed by atoms with Gasteiger partial charge >= 0.3 is 12.4 Å². The van der Waals surface area contributed by atoms with Crippen LogP contribution in [0.15, 0.2) is 23.3 Å². The monoisotopic (exact) mass is 261 g/mol. The van der Waals surface area contributed by atoms with E-state index >= 15 is 0 Å². The number of benzene rings is 1. The molecule has 1 rings (SSSR count). The third-order valence-electron chi connectivity index (χ3n) is 1.70. The Labute approximate surface area is 100 Å². The molecule has 0 aliphatic rings. The Balaban J connectivity index is 2.87. The second kappa shape index (κ2) is 5.39. The molecule has 0 radical (unpaired) electrons. The lowest BCUT2D eigenvalue weighted by Gasteiger charge is -2.10. The molecule has 0 fully saturated rings. The summed E-state index contributed by atoms with van der Waals surface area (Å²) < 4.78 is 39.9. The van der Waals surface area contributed by atoms with E-state index in [4.69, 9.17) is 5.73 Å². The molecule has 1 aromatic carbocycles. The van der Waals surface area contributed by atoms with E-state index in [0.717, 1.165) is 12.3 Å². The fourth-order valence-corrected chi connectivity index (χ4v) is 1.21. The van der Waals surface area contributed by atoms with Crippen LogP contribution in [0, 0.1) is 6.92 Å². The zero-order valence-corrected chi connectivity index (χ0v) is 9.28. The molecule has 0 saturated heterocycles. The fraction of sp³-hybridized carbons (Fsp3) is 0.200. The van der Waals surface area contributed by atoms with E-state index in [1.807, 2.05) is 5.43 Å². The third-order valence-corrected chi connectivity index (χ3v) is 1.70. The fourth-order valence-electron chi connectivity index (χ4n) is 1.21. The number of aryl methyl sites for hydroxylation is 1. The van der Waals surface area contributed by atoms with E-state index in [1.165, 1.54) is 6.07 Å². The molecule has 0 aliphatic carbocycles. The van der Waals surface area contributed by atoms with Crippen molar-refractivity contribution >= 4 is 12.2 Å². The molecule has 98 valence electrons. The highest BCUT2D eigenvalue weighted by Crippen LogP contribution is 2.24. The molecule has 0 aromatic heterocycles. The average Bonchev–Trinajstić information content (AvgIpc) is 2.12. The normalized spacial score (nSPS) is 11.6. The van der Waals surface area contributed by atoms with Crippen molar-refractivity contribution in [3.63, 3.8) is 0 Å². The first-order chi connectivity index (χ1) is 8.26. The van der Waals surface area contributed by atoms with Crippen molar-refractivity contribution in [3.8, 4) is 5.75 Å². The van der Waals surface area contributed by atoms with Crippen LogP contribution in [-0.2, 0) is 0 Å². The molecule has 0 bridgehead atoms. The first kappa shape index (κ1) is 13.8. The summed E-state index contributed by atoms with van der Waals surface area (Å²) in [6.45, 7) is 1.60. The molecule has 5 nitrogen and oxygen atoms in total. The lowest BCUT2D eigenvalue weighted by molar-refractivity contribution is -0.274. The van der Waals surface area contributed by atoms with E-state index < -0.39 is 12.4 Å². The molecule has 18 heavy (non-hydrogen) atoms. The zero-order valence-electron chi connectivity index (χ0n) is 9.28. The summed E-state index contributed by atoms with van der Waals surface area (Å²) in [4.78, 5) is 10.3. The van der Waals surface area contributed by atoms with Gasteiger partial charge in [-0.15, -0.1) is 13.2 Å². The van der Waals surface area contributed by atoms with Gasteiger partial charge in [0.15, 0.2) is 0 Å². The number of nitrogens with two attached hydrogens (primary N) is 1. The van der Waals surface area contributed by atoms with Crippen molar-refractivity contribution in [3.05, 3.63) is 29.3 Å². The first-order valence-electron chi connectivity index (χ1n) is 4.72. The third kappa shape index (κ3) is 5.19. The minimum Gasteiger partial charge on any atom is -0.406 e. The van der Waals surface area contributed by atoms with E-state index in [2.05, 4.69) is 9.84 Å². The summed E-state index contributed by atoms with van der Waals surface area (Å²) in [6.07, 6.45) is -3.60. The van der Waals surface area contributed by atoms with Crippen LogP contribution in [0.1, 0.15) is 11.1 Å². The second-order valence-electron chi connectivity index (χ2n) is 3.36. The zero-order chi connectivity index (χ0) is 13.8. The van der Waals surface area contributed by atoms with Crippen molar-refractivity contribution in [2.75, 3.05) is 0 Å². The molecule has 3 N–H and O–H groups in total. The number of urea groups is 1. The van der Waals surface area contributed by atoms with Gasteiger partial charge in [-0.25, -0.2) is 10.2 Å². The minimum atomic E-state index is -4.76. The Kier molecular flexibility index (Phi) is 4.13. The number of amides is 2. The van der Waals surface area contributed by atoms with E-state index in [1.54, 1.807) is 13.0 Å². The molecule has 0 heterocycles. The maximum atomic E-state index is 12.0. The number of nitrogens with zero attached hydrogens (tertiary/aromatic N) is 1. The van der Waals surface area contributed by atoms with Gasteiger partial charge in [-0.05, 0) is 30.2 Å². The number of hydrazone groups is 1. The molecular weight excluding hydrogens is 251 g/mol. The number of nitrogens with one attached hydrogen (secondary N) is 1. The predicted molar refractivity (Wildman–Crippen MR) is 58.2 cm³/mol. The van der Waals surface area contributed by atoms with Gasteiger partial charge in [-0.2, -0.15) is 5.10 Å². The number of rotatable bonds is 3. The van der Waals surface area contributed by atoms with E-state index in [-0.39, 0.29) is 5.75 Å². The highest BCUT2D eigenvalue weighted by molar-refractivity contribution is 5.82. The van der Waals surface area contributed by atoms with Crippen molar-refractivity contribution in [2.45, 2.75) is 13.3 Å². The summed E-state index contributed by atoms with van der Waals surface area (Å²) >= 11 is 0. The van der Waals surface area contributed by atoms with Gasteiger partial charge < -0.3 is 10.5 Å². The van der Waals surface area contributed by atoms with Gasteiger partial charge in [0.2, 0.25) is 0 Å². The van der Waals surface area contributed by atoms with Crippen LogP contribution < -0.4 is 15.9 Å². The molecule has 0 saturated carbocycles. The van der Waals surface area contributed by atoms with Crippen LogP contribution >= 0.6 is 0 Å². The van der Waals surface area contributed by atoms with Crippen LogP contribution in [0.2, 0.25) is 0 Å². The van der Waals surface area contributed by atoms with Crippen molar-refractivity contribution < 1.29 is 22.7 Å². The SMILES string of the molecule is Cc1cc(C=NNC(N)=O)cc(OC(F)(F)F)c1. The van der Waals surface area contributed by atoms with Crippen LogP contribution in [-0.4, -0.2) is 18.6 Å². The number of carbonyl (C=O) groups excluding carboxylic acids is 1. The molecule has 1 aromatic rings. The van der Waals surface area contributed by atoms with Gasteiger partial charge in [0.25, 0.3) is 0 Å². The minimum absolute atomic E-state index is 0.336. The quantitative estimate of drug-likeness (QED) is 0.644. The number of hydrogen-bond donors (Lipinski definition) is 2. The van der Waals surface area contributed by atoms with E-state index in [9.17, 15) is 18.0 Å². The van der Waals surface area contributed by atoms with Gasteiger partial charge in [0, 0.05) is 0 Å². The predicted octanol–water partition coefficient (Wildman–Crippen LogP) is 1.90. The molecule has 0 atom stereocenters. The summed E-state index contributed by atoms with van der Waals surface area (Å²) in [5.41, 5.74) is 7.58. The Morgan fingerprint density at radius 1 is 1.44 bits per heavy atom. The lowest BCUT2D eigenvalue weighted by atomic mass is 10.1. The summed E-state index contributed by atoms with van der Waals surface area (Å²) in [7, 11) is 0. The smallest absolute Gasteiger partial charge is 0.406 e. The molecule has 0 unspecified atom stereocenters. The number of ether oxygens (including phenoxy) is 1. The van der Waals surface area contributed by atoms with Crippen molar-refractivity contribution in [1.82, 2.24) is 5.43 Å². The lowest BCUT2D eigenvalue weighted by Crippen LogP contribution is -2.24. The Bertz CT molecular complexity index is 472. The molecule has 8 heteroatoms. The Morgan fingerprint density at radius 3 is 2.67 bits per heavy atom. The van der Waals surface area contributed by atoms with Crippen LogP contribution in [0.4, 0.5) is 18.0 Å². The van der Waals surface area contributed by atoms with Gasteiger partial charge in [0.1, 0.15) is 5.75 Å². The van der Waals surface area contributed by atoms with Crippen molar-refractivity contribution in [2.24, 2.45) is 10.8 Å². The first-order valence-corrected chi connectivity index (χ1v) is 4.72. The van der Waals surface area contributed by atoms with Crippen LogP contribution in [0.3, 0.4) is 0 Å². The Morgan fingerprint density at radius 2 is 2.11 bits per heavy atom. The van der Waals surface area contributed by atoms with Crippen LogP contribution in [0.5, 0.6) is 5.75 Å². The van der Waals surface area contributed by atoms with Crippen LogP contribution in [0.25, 0.3) is 0 Å². The molecular formula is C10H10F3N3O2. The van der Waals surface area contributed by atoms with Crippen molar-refractivity contribution in [1.29, 1.82) is 0 Å². The number of alkyl halides is 3. The average molecular weight is 261 g/mol. The number of halogens is 3. The van der Waals surface area contributed by atoms with Gasteiger partial charge in [0.05, 0.1) is 6.21 Å². The van der Waals surface area contributed by atoms with Gasteiger partial charge in [-0.1, -0.05) is 6.07 Å². The summed E-state index contributed by atoms with van der Waals surface area (Å²) in [6, 6.07) is 3.06. The Hall–Kier alpha value is -2.25. The van der Waals surface area contributed by atoms with Gasteiger partial charge in [-0.3, -0.25) is 0 Å². The summed E-state index contributed by atoms with van der Waals surface area (Å²) in [5, 5.41) is 3.43. The number of carbonyl (C=O) groups is 1.